The highest BCUT2D eigenvalue weighted by molar-refractivity contribution is 5.64. The standard InChI is InChI=1S/C14H12N6O/c1-8(2)11-12(9-3-4-10(5-15)16-6-9)19-14-17-7-18-20(14)13(11)21/h3-4,6-8H,1-2H3,(H,17,18,19). The average molecular weight is 280 g/mol. The van der Waals surface area contributed by atoms with Crippen molar-refractivity contribution < 1.29 is 0 Å². The fourth-order valence-electron chi connectivity index (χ4n) is 2.21. The van der Waals surface area contributed by atoms with E-state index < -0.39 is 0 Å². The minimum atomic E-state index is -0.174. The molecule has 0 saturated carbocycles. The lowest BCUT2D eigenvalue weighted by molar-refractivity contribution is 0.797. The normalized spacial score (nSPS) is 11.0. The van der Waals surface area contributed by atoms with E-state index in [1.807, 2.05) is 19.9 Å². The van der Waals surface area contributed by atoms with Gasteiger partial charge in [0.15, 0.2) is 0 Å². The maximum Gasteiger partial charge on any atom is 0.278 e. The Morgan fingerprint density at radius 1 is 1.33 bits per heavy atom. The Morgan fingerprint density at radius 2 is 2.14 bits per heavy atom. The highest BCUT2D eigenvalue weighted by Crippen LogP contribution is 2.24. The molecular weight excluding hydrogens is 268 g/mol. The number of nitrogens with one attached hydrogen (secondary N) is 1. The summed E-state index contributed by atoms with van der Waals surface area (Å²) in [7, 11) is 0. The maximum absolute atomic E-state index is 12.5. The van der Waals surface area contributed by atoms with Crippen LogP contribution in [0, 0.1) is 11.3 Å². The molecule has 0 aromatic carbocycles. The molecule has 21 heavy (non-hydrogen) atoms. The van der Waals surface area contributed by atoms with Crippen LogP contribution in [0.3, 0.4) is 0 Å². The molecule has 3 rings (SSSR count). The van der Waals surface area contributed by atoms with Crippen LogP contribution in [0.15, 0.2) is 29.5 Å². The number of rotatable bonds is 2. The van der Waals surface area contributed by atoms with Gasteiger partial charge in [-0.25, -0.2) is 15.0 Å². The van der Waals surface area contributed by atoms with Crippen LogP contribution in [-0.4, -0.2) is 24.6 Å². The summed E-state index contributed by atoms with van der Waals surface area (Å²) in [5.41, 5.74) is 1.98. The summed E-state index contributed by atoms with van der Waals surface area (Å²) in [4.78, 5) is 25.0. The predicted octanol–water partition coefficient (Wildman–Crippen LogP) is 1.47. The zero-order chi connectivity index (χ0) is 15.0. The fraction of sp³-hybridized carbons (Fsp3) is 0.214. The minimum absolute atomic E-state index is 0.00385. The Labute approximate surface area is 119 Å². The van der Waals surface area contributed by atoms with Gasteiger partial charge in [-0.3, -0.25) is 9.89 Å². The summed E-state index contributed by atoms with van der Waals surface area (Å²) in [5, 5.41) is 11.6. The highest BCUT2D eigenvalue weighted by atomic mass is 16.1. The van der Waals surface area contributed by atoms with Crippen molar-refractivity contribution in [2.75, 3.05) is 0 Å². The zero-order valence-corrected chi connectivity index (χ0v) is 11.5. The number of H-pyrrole nitrogens is 1. The first-order valence-electron chi connectivity index (χ1n) is 6.44. The van der Waals surface area contributed by atoms with E-state index in [9.17, 15) is 4.79 Å². The van der Waals surface area contributed by atoms with Crippen LogP contribution in [0.4, 0.5) is 0 Å². The topological polar surface area (TPSA) is 99.7 Å². The number of pyridine rings is 1. The summed E-state index contributed by atoms with van der Waals surface area (Å²) >= 11 is 0. The van der Waals surface area contributed by atoms with Crippen molar-refractivity contribution in [2.45, 2.75) is 19.8 Å². The van der Waals surface area contributed by atoms with Gasteiger partial charge in [-0.05, 0) is 18.1 Å². The van der Waals surface area contributed by atoms with E-state index in [-0.39, 0.29) is 11.5 Å². The van der Waals surface area contributed by atoms with Crippen molar-refractivity contribution >= 4 is 5.78 Å². The summed E-state index contributed by atoms with van der Waals surface area (Å²) < 4.78 is 1.32. The molecule has 1 N–H and O–H groups in total. The van der Waals surface area contributed by atoms with Crippen LogP contribution in [0.25, 0.3) is 17.0 Å². The molecule has 0 unspecified atom stereocenters. The minimum Gasteiger partial charge on any atom is -0.278 e. The molecule has 3 heterocycles. The second-order valence-electron chi connectivity index (χ2n) is 4.90. The van der Waals surface area contributed by atoms with Crippen molar-refractivity contribution in [1.29, 1.82) is 5.26 Å². The average Bonchev–Trinajstić information content (AvgIpc) is 2.95. The van der Waals surface area contributed by atoms with Gasteiger partial charge in [-0.2, -0.15) is 9.78 Å². The molecule has 0 fully saturated rings. The van der Waals surface area contributed by atoms with Crippen molar-refractivity contribution in [3.63, 3.8) is 0 Å². The lowest BCUT2D eigenvalue weighted by atomic mass is 9.99. The van der Waals surface area contributed by atoms with E-state index in [0.717, 1.165) is 0 Å². The largest absolute Gasteiger partial charge is 0.278 e. The van der Waals surface area contributed by atoms with E-state index in [1.165, 1.54) is 10.8 Å². The number of nitriles is 1. The second kappa shape index (κ2) is 4.83. The van der Waals surface area contributed by atoms with Crippen molar-refractivity contribution in [3.8, 4) is 17.3 Å². The van der Waals surface area contributed by atoms with Gasteiger partial charge in [0, 0.05) is 17.3 Å². The lowest BCUT2D eigenvalue weighted by Crippen LogP contribution is -2.22. The van der Waals surface area contributed by atoms with Gasteiger partial charge >= 0.3 is 0 Å². The smallest absolute Gasteiger partial charge is 0.278 e. The lowest BCUT2D eigenvalue weighted by Gasteiger charge is -2.11. The van der Waals surface area contributed by atoms with Gasteiger partial charge in [0.05, 0.1) is 5.69 Å². The van der Waals surface area contributed by atoms with Crippen LogP contribution in [0.5, 0.6) is 0 Å². The van der Waals surface area contributed by atoms with E-state index in [0.29, 0.717) is 28.3 Å². The van der Waals surface area contributed by atoms with Gasteiger partial charge in [0.25, 0.3) is 11.3 Å². The quantitative estimate of drug-likeness (QED) is 0.766. The number of aromatic nitrogens is 5. The SMILES string of the molecule is CC(C)c1c(-c2ccc(C#N)nc2)nc2nc[nH]n2c1=O. The molecule has 0 aliphatic rings. The van der Waals surface area contributed by atoms with Crippen molar-refractivity contribution in [3.05, 3.63) is 46.3 Å². The molecule has 7 nitrogen and oxygen atoms in total. The Bertz CT molecular complexity index is 898. The summed E-state index contributed by atoms with van der Waals surface area (Å²) in [6.07, 6.45) is 2.98. The molecule has 7 heteroatoms. The Morgan fingerprint density at radius 3 is 2.76 bits per heavy atom. The second-order valence-corrected chi connectivity index (χ2v) is 4.90. The van der Waals surface area contributed by atoms with Gasteiger partial charge in [0.2, 0.25) is 0 Å². The maximum atomic E-state index is 12.5. The molecule has 104 valence electrons. The summed E-state index contributed by atoms with van der Waals surface area (Å²) in [6, 6.07) is 5.31. The summed E-state index contributed by atoms with van der Waals surface area (Å²) in [6.45, 7) is 3.86. The molecule has 0 atom stereocenters. The van der Waals surface area contributed by atoms with E-state index in [4.69, 9.17) is 5.26 Å². The third-order valence-electron chi connectivity index (χ3n) is 3.20. The molecule has 3 aromatic rings. The predicted molar refractivity (Wildman–Crippen MR) is 75.6 cm³/mol. The Balaban J connectivity index is 2.32. The first-order valence-corrected chi connectivity index (χ1v) is 6.44. The van der Waals surface area contributed by atoms with Crippen molar-refractivity contribution in [1.82, 2.24) is 24.6 Å². The Hall–Kier alpha value is -3.01. The third kappa shape index (κ3) is 2.07. The molecule has 0 aliphatic heterocycles. The molecule has 0 spiro atoms. The van der Waals surface area contributed by atoms with Crippen LogP contribution in [0.1, 0.15) is 31.0 Å². The monoisotopic (exact) mass is 280 g/mol. The Kier molecular flexibility index (Phi) is 2.99. The number of hydrogen-bond acceptors (Lipinski definition) is 5. The zero-order valence-electron chi connectivity index (χ0n) is 11.5. The molecule has 3 aromatic heterocycles. The molecule has 0 aliphatic carbocycles. The van der Waals surface area contributed by atoms with Crippen LogP contribution in [-0.2, 0) is 0 Å². The van der Waals surface area contributed by atoms with E-state index in [2.05, 4.69) is 20.1 Å². The first-order chi connectivity index (χ1) is 10.1. The van der Waals surface area contributed by atoms with Crippen LogP contribution >= 0.6 is 0 Å². The van der Waals surface area contributed by atoms with Crippen LogP contribution < -0.4 is 5.56 Å². The van der Waals surface area contributed by atoms with E-state index in [1.54, 1.807) is 18.3 Å². The number of nitrogens with zero attached hydrogens (tertiary/aromatic N) is 5. The first kappa shape index (κ1) is 13.0. The highest BCUT2D eigenvalue weighted by Gasteiger charge is 2.18. The van der Waals surface area contributed by atoms with Crippen LogP contribution in [0.2, 0.25) is 0 Å². The van der Waals surface area contributed by atoms with Gasteiger partial charge < -0.3 is 0 Å². The van der Waals surface area contributed by atoms with Gasteiger partial charge in [-0.15, -0.1) is 0 Å². The molecule has 0 radical (unpaired) electrons. The van der Waals surface area contributed by atoms with Gasteiger partial charge in [0.1, 0.15) is 18.1 Å². The number of fused-ring (bicyclic) bond motifs is 1. The summed E-state index contributed by atoms with van der Waals surface area (Å²) in [5.74, 6) is 0.305. The van der Waals surface area contributed by atoms with Gasteiger partial charge in [-0.1, -0.05) is 13.8 Å². The fourth-order valence-corrected chi connectivity index (χ4v) is 2.21. The van der Waals surface area contributed by atoms with E-state index >= 15 is 0 Å². The molecule has 0 bridgehead atoms. The number of aromatic amines is 1. The number of hydrogen-bond donors (Lipinski definition) is 1. The third-order valence-corrected chi connectivity index (χ3v) is 3.20. The van der Waals surface area contributed by atoms with Crippen molar-refractivity contribution in [2.24, 2.45) is 0 Å². The molecular formula is C14H12N6O. The molecule has 0 saturated heterocycles. The molecule has 0 amide bonds.